The van der Waals surface area contributed by atoms with E-state index >= 15 is 0 Å². The number of hydrogen-bond acceptors (Lipinski definition) is 3. The fourth-order valence-electron chi connectivity index (χ4n) is 1.10. The third-order valence-electron chi connectivity index (χ3n) is 1.82. The molecule has 0 fully saturated rings. The summed E-state index contributed by atoms with van der Waals surface area (Å²) in [6.07, 6.45) is 1.53. The van der Waals surface area contributed by atoms with Crippen LogP contribution in [0.3, 0.4) is 0 Å². The van der Waals surface area contributed by atoms with E-state index in [2.05, 4.69) is 15.0 Å². The van der Waals surface area contributed by atoms with Gasteiger partial charge in [0.15, 0.2) is 5.82 Å². The molecule has 1 aromatic carbocycles. The molecule has 1 heterocycles. The van der Waals surface area contributed by atoms with Gasteiger partial charge < -0.3 is 9.84 Å². The summed E-state index contributed by atoms with van der Waals surface area (Å²) in [4.78, 5) is 0. The van der Waals surface area contributed by atoms with Crippen molar-refractivity contribution in [3.63, 3.8) is 0 Å². The molecule has 0 amide bonds. The first-order chi connectivity index (χ1) is 6.84. The van der Waals surface area contributed by atoms with Crippen LogP contribution in [0, 0.1) is 0 Å². The SMILES string of the molecule is Clc1ccc(CNc2ccon2)cc1. The van der Waals surface area contributed by atoms with Gasteiger partial charge in [0, 0.05) is 17.6 Å². The normalized spacial score (nSPS) is 10.1. The van der Waals surface area contributed by atoms with Gasteiger partial charge in [-0.25, -0.2) is 0 Å². The topological polar surface area (TPSA) is 38.1 Å². The average Bonchev–Trinajstić information content (AvgIpc) is 2.70. The van der Waals surface area contributed by atoms with Crippen molar-refractivity contribution in [2.24, 2.45) is 0 Å². The Bertz CT molecular complexity index is 383. The average molecular weight is 209 g/mol. The fourth-order valence-corrected chi connectivity index (χ4v) is 1.22. The van der Waals surface area contributed by atoms with Crippen LogP contribution in [0.15, 0.2) is 41.1 Å². The molecule has 0 atom stereocenters. The van der Waals surface area contributed by atoms with Gasteiger partial charge >= 0.3 is 0 Å². The highest BCUT2D eigenvalue weighted by Gasteiger charge is 1.95. The summed E-state index contributed by atoms with van der Waals surface area (Å²) in [5, 5.41) is 7.59. The summed E-state index contributed by atoms with van der Waals surface area (Å²) in [7, 11) is 0. The molecule has 1 aromatic heterocycles. The molecule has 0 aliphatic heterocycles. The van der Waals surface area contributed by atoms with E-state index in [-0.39, 0.29) is 0 Å². The molecule has 0 aliphatic carbocycles. The summed E-state index contributed by atoms with van der Waals surface area (Å²) in [6, 6.07) is 9.43. The zero-order valence-electron chi connectivity index (χ0n) is 7.40. The van der Waals surface area contributed by atoms with Crippen LogP contribution in [-0.2, 0) is 6.54 Å². The van der Waals surface area contributed by atoms with E-state index in [0.717, 1.165) is 16.4 Å². The van der Waals surface area contributed by atoms with E-state index in [0.29, 0.717) is 6.54 Å². The van der Waals surface area contributed by atoms with Crippen LogP contribution in [0.2, 0.25) is 5.02 Å². The predicted octanol–water partition coefficient (Wildman–Crippen LogP) is 2.94. The summed E-state index contributed by atoms with van der Waals surface area (Å²) in [6.45, 7) is 0.712. The minimum Gasteiger partial charge on any atom is -0.363 e. The number of hydrogen-bond donors (Lipinski definition) is 1. The highest BCUT2D eigenvalue weighted by Crippen LogP contribution is 2.11. The lowest BCUT2D eigenvalue weighted by Gasteiger charge is -2.01. The van der Waals surface area contributed by atoms with Crippen molar-refractivity contribution in [1.82, 2.24) is 5.16 Å². The Hall–Kier alpha value is -1.48. The van der Waals surface area contributed by atoms with Crippen molar-refractivity contribution < 1.29 is 4.52 Å². The summed E-state index contributed by atoms with van der Waals surface area (Å²) in [5.41, 5.74) is 1.15. The summed E-state index contributed by atoms with van der Waals surface area (Å²) >= 11 is 5.76. The van der Waals surface area contributed by atoms with Crippen LogP contribution in [-0.4, -0.2) is 5.16 Å². The first-order valence-electron chi connectivity index (χ1n) is 4.23. The van der Waals surface area contributed by atoms with Gasteiger partial charge in [0.1, 0.15) is 6.26 Å². The Balaban J connectivity index is 1.95. The quantitative estimate of drug-likeness (QED) is 0.843. The van der Waals surface area contributed by atoms with Crippen molar-refractivity contribution in [3.8, 4) is 0 Å². The fraction of sp³-hybridized carbons (Fsp3) is 0.100. The molecule has 0 saturated heterocycles. The van der Waals surface area contributed by atoms with Crippen LogP contribution < -0.4 is 5.32 Å². The Kier molecular flexibility index (Phi) is 2.70. The van der Waals surface area contributed by atoms with E-state index in [4.69, 9.17) is 11.6 Å². The summed E-state index contributed by atoms with van der Waals surface area (Å²) in [5.74, 6) is 0.736. The lowest BCUT2D eigenvalue weighted by atomic mass is 10.2. The summed E-state index contributed by atoms with van der Waals surface area (Å²) < 4.78 is 4.69. The first kappa shape index (κ1) is 9.09. The standard InChI is InChI=1S/C10H9ClN2O/c11-9-3-1-8(2-4-9)7-12-10-5-6-14-13-10/h1-6H,7H2,(H,12,13). The molecule has 2 aromatic rings. The molecule has 4 heteroatoms. The molecule has 14 heavy (non-hydrogen) atoms. The Morgan fingerprint density at radius 2 is 2.00 bits per heavy atom. The van der Waals surface area contributed by atoms with Gasteiger partial charge in [0.25, 0.3) is 0 Å². The maximum Gasteiger partial charge on any atom is 0.169 e. The van der Waals surface area contributed by atoms with Crippen LogP contribution in [0.1, 0.15) is 5.56 Å². The number of halogens is 1. The Morgan fingerprint density at radius 1 is 1.21 bits per heavy atom. The third kappa shape index (κ3) is 2.26. The molecule has 1 N–H and O–H groups in total. The molecule has 0 saturated carbocycles. The molecule has 0 unspecified atom stereocenters. The molecular formula is C10H9ClN2O. The van der Waals surface area contributed by atoms with E-state index in [1.165, 1.54) is 6.26 Å². The maximum atomic E-state index is 5.76. The van der Waals surface area contributed by atoms with Crippen molar-refractivity contribution in [3.05, 3.63) is 47.2 Å². The van der Waals surface area contributed by atoms with Gasteiger partial charge in [-0.15, -0.1) is 0 Å². The van der Waals surface area contributed by atoms with E-state index < -0.39 is 0 Å². The molecule has 0 radical (unpaired) electrons. The van der Waals surface area contributed by atoms with Crippen molar-refractivity contribution in [2.45, 2.75) is 6.54 Å². The number of nitrogens with one attached hydrogen (secondary N) is 1. The van der Waals surface area contributed by atoms with Gasteiger partial charge in [0.05, 0.1) is 0 Å². The van der Waals surface area contributed by atoms with Crippen LogP contribution in [0.25, 0.3) is 0 Å². The number of aromatic nitrogens is 1. The highest BCUT2D eigenvalue weighted by molar-refractivity contribution is 6.30. The third-order valence-corrected chi connectivity index (χ3v) is 2.08. The first-order valence-corrected chi connectivity index (χ1v) is 4.61. The number of anilines is 1. The lowest BCUT2D eigenvalue weighted by molar-refractivity contribution is 0.422. The second-order valence-corrected chi connectivity index (χ2v) is 3.30. The van der Waals surface area contributed by atoms with Crippen LogP contribution >= 0.6 is 11.6 Å². The Labute approximate surface area is 86.7 Å². The minimum atomic E-state index is 0.712. The van der Waals surface area contributed by atoms with Crippen molar-refractivity contribution >= 4 is 17.4 Å². The number of rotatable bonds is 3. The molecule has 0 bridgehead atoms. The minimum absolute atomic E-state index is 0.712. The number of benzene rings is 1. The maximum absolute atomic E-state index is 5.76. The van der Waals surface area contributed by atoms with Crippen LogP contribution in [0.5, 0.6) is 0 Å². The van der Waals surface area contributed by atoms with E-state index in [1.807, 2.05) is 24.3 Å². The smallest absolute Gasteiger partial charge is 0.169 e. The zero-order valence-corrected chi connectivity index (χ0v) is 8.16. The Morgan fingerprint density at radius 3 is 2.64 bits per heavy atom. The van der Waals surface area contributed by atoms with Gasteiger partial charge in [-0.2, -0.15) is 0 Å². The predicted molar refractivity (Wildman–Crippen MR) is 55.3 cm³/mol. The molecule has 0 spiro atoms. The van der Waals surface area contributed by atoms with Gasteiger partial charge in [-0.05, 0) is 17.7 Å². The largest absolute Gasteiger partial charge is 0.363 e. The molecule has 3 nitrogen and oxygen atoms in total. The van der Waals surface area contributed by atoms with Gasteiger partial charge in [0.2, 0.25) is 0 Å². The second kappa shape index (κ2) is 4.15. The molecule has 72 valence electrons. The van der Waals surface area contributed by atoms with E-state index in [9.17, 15) is 0 Å². The monoisotopic (exact) mass is 208 g/mol. The highest BCUT2D eigenvalue weighted by atomic mass is 35.5. The van der Waals surface area contributed by atoms with Gasteiger partial charge in [-0.3, -0.25) is 0 Å². The van der Waals surface area contributed by atoms with Crippen molar-refractivity contribution in [1.29, 1.82) is 0 Å². The molecule has 2 rings (SSSR count). The van der Waals surface area contributed by atoms with Gasteiger partial charge in [-0.1, -0.05) is 28.9 Å². The van der Waals surface area contributed by atoms with E-state index in [1.54, 1.807) is 6.07 Å². The number of nitrogens with zero attached hydrogens (tertiary/aromatic N) is 1. The zero-order chi connectivity index (χ0) is 9.80. The second-order valence-electron chi connectivity index (χ2n) is 2.86. The lowest BCUT2D eigenvalue weighted by Crippen LogP contribution is -1.98. The van der Waals surface area contributed by atoms with Crippen molar-refractivity contribution in [2.75, 3.05) is 5.32 Å². The van der Waals surface area contributed by atoms with Crippen LogP contribution in [0.4, 0.5) is 5.82 Å². The molecular weight excluding hydrogens is 200 g/mol. The molecule has 0 aliphatic rings.